The van der Waals surface area contributed by atoms with Crippen LogP contribution >= 0.6 is 15.9 Å². The third-order valence-electron chi connectivity index (χ3n) is 4.12. The number of carboxylic acids is 1. The van der Waals surface area contributed by atoms with Gasteiger partial charge in [0.25, 0.3) is 0 Å². The number of benzene rings is 1. The average molecular weight is 369 g/mol. The minimum atomic E-state index is -0.729. The molecule has 1 aliphatic rings. The Labute approximate surface area is 138 Å². The monoisotopic (exact) mass is 368 g/mol. The van der Waals surface area contributed by atoms with Gasteiger partial charge in [0.1, 0.15) is 0 Å². The van der Waals surface area contributed by atoms with Crippen molar-refractivity contribution in [3.8, 4) is 0 Å². The Hall–Kier alpha value is -1.56. The van der Waals surface area contributed by atoms with Gasteiger partial charge in [-0.15, -0.1) is 0 Å². The van der Waals surface area contributed by atoms with Crippen molar-refractivity contribution < 1.29 is 14.7 Å². The summed E-state index contributed by atoms with van der Waals surface area (Å²) in [4.78, 5) is 22.8. The Morgan fingerprint density at radius 1 is 1.27 bits per heavy atom. The Morgan fingerprint density at radius 2 is 1.95 bits per heavy atom. The fraction of sp³-hybridized carbons (Fsp3) is 0.500. The molecule has 0 atom stereocenters. The van der Waals surface area contributed by atoms with Crippen molar-refractivity contribution in [2.75, 3.05) is 0 Å². The number of aryl methyl sites for hydroxylation is 1. The summed E-state index contributed by atoms with van der Waals surface area (Å²) in [5, 5.41) is 14.7. The molecule has 120 valence electrons. The second-order valence-electron chi connectivity index (χ2n) is 5.76. The molecule has 0 heterocycles. The van der Waals surface area contributed by atoms with Gasteiger partial charge >= 0.3 is 12.0 Å². The predicted octanol–water partition coefficient (Wildman–Crippen LogP) is 3.20. The van der Waals surface area contributed by atoms with Crippen LogP contribution in [0.5, 0.6) is 0 Å². The Bertz CT molecular complexity index is 554. The standard InChI is InChI=1S/C16H21BrN2O3/c1-10-3-2-4-12(14(10)17)9-18-16(22)19-13-7-5-11(6-8-13)15(20)21/h2-4,11,13H,5-9H2,1H3,(H,20,21)(H2,18,19,22). The van der Waals surface area contributed by atoms with Crippen molar-refractivity contribution in [1.82, 2.24) is 10.6 Å². The number of halogens is 1. The first-order valence-electron chi connectivity index (χ1n) is 7.48. The van der Waals surface area contributed by atoms with Crippen molar-refractivity contribution in [2.45, 2.75) is 45.2 Å². The molecule has 1 aliphatic carbocycles. The quantitative estimate of drug-likeness (QED) is 0.763. The van der Waals surface area contributed by atoms with Crippen LogP contribution in [-0.4, -0.2) is 23.1 Å². The molecule has 0 aromatic heterocycles. The number of carboxylic acid groups (broad SMARTS) is 1. The molecule has 5 nitrogen and oxygen atoms in total. The highest BCUT2D eigenvalue weighted by atomic mass is 79.9. The van der Waals surface area contributed by atoms with Gasteiger partial charge in [0.15, 0.2) is 0 Å². The number of amides is 2. The molecule has 0 unspecified atom stereocenters. The van der Waals surface area contributed by atoms with Gasteiger partial charge in [0, 0.05) is 17.1 Å². The summed E-state index contributed by atoms with van der Waals surface area (Å²) in [7, 11) is 0. The van der Waals surface area contributed by atoms with E-state index in [0.717, 1.165) is 28.4 Å². The van der Waals surface area contributed by atoms with Gasteiger partial charge in [-0.25, -0.2) is 4.79 Å². The summed E-state index contributed by atoms with van der Waals surface area (Å²) in [5.41, 5.74) is 2.16. The molecule has 1 aromatic rings. The van der Waals surface area contributed by atoms with Crippen LogP contribution < -0.4 is 10.6 Å². The van der Waals surface area contributed by atoms with Crippen LogP contribution in [0.1, 0.15) is 36.8 Å². The first kappa shape index (κ1) is 16.8. The van der Waals surface area contributed by atoms with E-state index in [4.69, 9.17) is 5.11 Å². The minimum absolute atomic E-state index is 0.0663. The molecule has 1 saturated carbocycles. The first-order chi connectivity index (χ1) is 10.5. The summed E-state index contributed by atoms with van der Waals surface area (Å²) < 4.78 is 1.01. The largest absolute Gasteiger partial charge is 0.481 e. The highest BCUT2D eigenvalue weighted by Crippen LogP contribution is 2.24. The summed E-state index contributed by atoms with van der Waals surface area (Å²) in [6.45, 7) is 2.47. The van der Waals surface area contributed by atoms with Crippen LogP contribution in [0.25, 0.3) is 0 Å². The molecule has 1 fully saturated rings. The molecule has 0 saturated heterocycles. The van der Waals surface area contributed by atoms with E-state index < -0.39 is 5.97 Å². The van der Waals surface area contributed by atoms with Gasteiger partial charge < -0.3 is 15.7 Å². The average Bonchev–Trinajstić information content (AvgIpc) is 2.49. The minimum Gasteiger partial charge on any atom is -0.481 e. The van der Waals surface area contributed by atoms with E-state index in [1.807, 2.05) is 25.1 Å². The summed E-state index contributed by atoms with van der Waals surface area (Å²) in [6, 6.07) is 5.80. The molecule has 6 heteroatoms. The summed E-state index contributed by atoms with van der Waals surface area (Å²) in [6.07, 6.45) is 2.70. The lowest BCUT2D eigenvalue weighted by molar-refractivity contribution is -0.142. The first-order valence-corrected chi connectivity index (χ1v) is 8.28. The van der Waals surface area contributed by atoms with E-state index in [0.29, 0.717) is 19.4 Å². The lowest BCUT2D eigenvalue weighted by atomic mass is 9.86. The molecule has 0 bridgehead atoms. The zero-order valence-electron chi connectivity index (χ0n) is 12.6. The van der Waals surface area contributed by atoms with E-state index in [9.17, 15) is 9.59 Å². The van der Waals surface area contributed by atoms with Gasteiger partial charge in [-0.2, -0.15) is 0 Å². The normalized spacial score (nSPS) is 21.2. The molecule has 2 amide bonds. The van der Waals surface area contributed by atoms with Crippen molar-refractivity contribution in [3.63, 3.8) is 0 Å². The van der Waals surface area contributed by atoms with Crippen molar-refractivity contribution in [1.29, 1.82) is 0 Å². The molecule has 2 rings (SSSR count). The molecule has 22 heavy (non-hydrogen) atoms. The van der Waals surface area contributed by atoms with Gasteiger partial charge in [0.05, 0.1) is 5.92 Å². The predicted molar refractivity (Wildman–Crippen MR) is 87.6 cm³/mol. The second-order valence-corrected chi connectivity index (χ2v) is 6.55. The molecule has 0 radical (unpaired) electrons. The zero-order valence-corrected chi connectivity index (χ0v) is 14.1. The van der Waals surface area contributed by atoms with Gasteiger partial charge in [-0.1, -0.05) is 34.1 Å². The van der Waals surface area contributed by atoms with E-state index in [-0.39, 0.29) is 18.0 Å². The topological polar surface area (TPSA) is 78.4 Å². The highest BCUT2D eigenvalue weighted by molar-refractivity contribution is 9.10. The number of carbonyl (C=O) groups excluding carboxylic acids is 1. The maximum atomic E-state index is 11.9. The molecule has 3 N–H and O–H groups in total. The number of carbonyl (C=O) groups is 2. The third-order valence-corrected chi connectivity index (χ3v) is 5.26. The van der Waals surface area contributed by atoms with Gasteiger partial charge in [-0.3, -0.25) is 4.79 Å². The van der Waals surface area contributed by atoms with Crippen LogP contribution in [0.4, 0.5) is 4.79 Å². The van der Waals surface area contributed by atoms with Gasteiger partial charge in [-0.05, 0) is 43.7 Å². The Kier molecular flexibility index (Phi) is 5.83. The molecule has 1 aromatic carbocycles. The fourth-order valence-electron chi connectivity index (χ4n) is 2.74. The molecular weight excluding hydrogens is 348 g/mol. The van der Waals surface area contributed by atoms with Crippen molar-refractivity contribution >= 4 is 27.9 Å². The maximum Gasteiger partial charge on any atom is 0.315 e. The second kappa shape index (κ2) is 7.63. The van der Waals surface area contributed by atoms with Crippen molar-refractivity contribution in [2.24, 2.45) is 5.92 Å². The summed E-state index contributed by atoms with van der Waals surface area (Å²) >= 11 is 3.52. The van der Waals surface area contributed by atoms with E-state index in [1.165, 1.54) is 0 Å². The Balaban J connectivity index is 1.77. The van der Waals surface area contributed by atoms with Crippen LogP contribution in [-0.2, 0) is 11.3 Å². The van der Waals surface area contributed by atoms with Crippen LogP contribution in [0.2, 0.25) is 0 Å². The van der Waals surface area contributed by atoms with Crippen molar-refractivity contribution in [3.05, 3.63) is 33.8 Å². The molecule has 0 aliphatic heterocycles. The van der Waals surface area contributed by atoms with E-state index >= 15 is 0 Å². The lowest BCUT2D eigenvalue weighted by Crippen LogP contribution is -2.43. The number of urea groups is 1. The Morgan fingerprint density at radius 3 is 2.59 bits per heavy atom. The number of hydrogen-bond donors (Lipinski definition) is 3. The van der Waals surface area contributed by atoms with E-state index in [1.54, 1.807) is 0 Å². The highest BCUT2D eigenvalue weighted by Gasteiger charge is 2.26. The smallest absolute Gasteiger partial charge is 0.315 e. The summed E-state index contributed by atoms with van der Waals surface area (Å²) in [5.74, 6) is -0.989. The number of aliphatic carboxylic acids is 1. The molecule has 0 spiro atoms. The number of hydrogen-bond acceptors (Lipinski definition) is 2. The zero-order chi connectivity index (χ0) is 16.1. The SMILES string of the molecule is Cc1cccc(CNC(=O)NC2CCC(C(=O)O)CC2)c1Br. The lowest BCUT2D eigenvalue weighted by Gasteiger charge is -2.26. The maximum absolute atomic E-state index is 11.9. The van der Waals surface area contributed by atoms with Crippen LogP contribution in [0.15, 0.2) is 22.7 Å². The van der Waals surface area contributed by atoms with E-state index in [2.05, 4.69) is 26.6 Å². The molecular formula is C16H21BrN2O3. The third kappa shape index (κ3) is 4.47. The number of nitrogens with one attached hydrogen (secondary N) is 2. The fourth-order valence-corrected chi connectivity index (χ4v) is 3.15. The van der Waals surface area contributed by atoms with Crippen LogP contribution in [0, 0.1) is 12.8 Å². The number of rotatable bonds is 4. The van der Waals surface area contributed by atoms with Crippen LogP contribution in [0.3, 0.4) is 0 Å². The van der Waals surface area contributed by atoms with Gasteiger partial charge in [0.2, 0.25) is 0 Å².